The zero-order valence-electron chi connectivity index (χ0n) is 8.49. The summed E-state index contributed by atoms with van der Waals surface area (Å²) in [5, 5.41) is 0. The molecule has 0 heterocycles. The largest absolute Gasteiger partial charge is 0.126 e. The minimum absolute atomic E-state index is 0.685. The van der Waals surface area contributed by atoms with Gasteiger partial charge < -0.3 is 0 Å². The molecule has 0 aromatic heterocycles. The highest BCUT2D eigenvalue weighted by molar-refractivity contribution is 6.17. The highest BCUT2D eigenvalue weighted by atomic mass is 35.5. The van der Waals surface area contributed by atoms with Crippen molar-refractivity contribution >= 4 is 11.6 Å². The summed E-state index contributed by atoms with van der Waals surface area (Å²) in [7, 11) is 0. The Kier molecular flexibility index (Phi) is 3.41. The minimum Gasteiger partial charge on any atom is -0.126 e. The summed E-state index contributed by atoms with van der Waals surface area (Å²) in [6.07, 6.45) is 0.941. The lowest BCUT2D eigenvalue weighted by molar-refractivity contribution is 1.15. The van der Waals surface area contributed by atoms with E-state index in [4.69, 9.17) is 11.6 Å². The van der Waals surface area contributed by atoms with Crippen LogP contribution in [0.4, 0.5) is 0 Å². The summed E-state index contributed by atoms with van der Waals surface area (Å²) >= 11 is 5.69. The molecule has 76 valence electrons. The van der Waals surface area contributed by atoms with Crippen LogP contribution in [0.1, 0.15) is 5.56 Å². The Hall–Kier alpha value is -1.27. The molecule has 0 radical (unpaired) electrons. The van der Waals surface area contributed by atoms with Gasteiger partial charge in [-0.25, -0.2) is 0 Å². The Balaban J connectivity index is 2.24. The number of hydrogen-bond acceptors (Lipinski definition) is 0. The van der Waals surface area contributed by atoms with Crippen molar-refractivity contribution in [2.75, 3.05) is 5.88 Å². The second kappa shape index (κ2) is 4.99. The highest BCUT2D eigenvalue weighted by Crippen LogP contribution is 2.19. The van der Waals surface area contributed by atoms with Crippen LogP contribution in [0, 0.1) is 0 Å². The lowest BCUT2D eigenvalue weighted by Crippen LogP contribution is -1.85. The fourth-order valence-corrected chi connectivity index (χ4v) is 1.82. The lowest BCUT2D eigenvalue weighted by atomic mass is 10.0. The van der Waals surface area contributed by atoms with Crippen molar-refractivity contribution in [2.24, 2.45) is 0 Å². The Morgan fingerprint density at radius 2 is 1.33 bits per heavy atom. The molecule has 0 aliphatic carbocycles. The van der Waals surface area contributed by atoms with Crippen LogP contribution in [0.2, 0.25) is 0 Å². The molecule has 0 fully saturated rings. The van der Waals surface area contributed by atoms with Gasteiger partial charge in [-0.1, -0.05) is 54.6 Å². The second-order valence-corrected chi connectivity index (χ2v) is 3.88. The predicted molar refractivity (Wildman–Crippen MR) is 66.3 cm³/mol. The van der Waals surface area contributed by atoms with E-state index < -0.39 is 0 Å². The zero-order chi connectivity index (χ0) is 10.5. The van der Waals surface area contributed by atoms with Gasteiger partial charge in [0.05, 0.1) is 0 Å². The average molecular weight is 217 g/mol. The maximum Gasteiger partial charge on any atom is 0.0263 e. The van der Waals surface area contributed by atoms with Crippen LogP contribution >= 0.6 is 11.6 Å². The fraction of sp³-hybridized carbons (Fsp3) is 0.143. The van der Waals surface area contributed by atoms with Gasteiger partial charge in [0.15, 0.2) is 0 Å². The van der Waals surface area contributed by atoms with Crippen LogP contribution in [0.15, 0.2) is 54.6 Å². The first-order valence-electron chi connectivity index (χ1n) is 5.10. The first kappa shape index (κ1) is 10.3. The Morgan fingerprint density at radius 1 is 0.733 bits per heavy atom. The molecule has 2 rings (SSSR count). The molecular formula is C14H13Cl. The van der Waals surface area contributed by atoms with Gasteiger partial charge in [-0.2, -0.15) is 0 Å². The molecular weight excluding hydrogens is 204 g/mol. The van der Waals surface area contributed by atoms with Gasteiger partial charge in [-0.3, -0.25) is 0 Å². The van der Waals surface area contributed by atoms with Gasteiger partial charge in [0.2, 0.25) is 0 Å². The molecule has 2 aromatic rings. The maximum absolute atomic E-state index is 5.69. The van der Waals surface area contributed by atoms with Gasteiger partial charge in [0, 0.05) is 5.88 Å². The molecule has 0 nitrogen and oxygen atoms in total. The van der Waals surface area contributed by atoms with E-state index in [2.05, 4.69) is 48.5 Å². The van der Waals surface area contributed by atoms with Crippen molar-refractivity contribution < 1.29 is 0 Å². The molecule has 0 amide bonds. The maximum atomic E-state index is 5.69. The van der Waals surface area contributed by atoms with Crippen molar-refractivity contribution in [3.8, 4) is 11.1 Å². The summed E-state index contributed by atoms with van der Waals surface area (Å²) in [6, 6.07) is 19.0. The van der Waals surface area contributed by atoms with Gasteiger partial charge in [-0.05, 0) is 23.1 Å². The third kappa shape index (κ3) is 2.60. The molecule has 0 saturated heterocycles. The van der Waals surface area contributed by atoms with Gasteiger partial charge in [-0.15, -0.1) is 11.6 Å². The standard InChI is InChI=1S/C14H13Cl/c15-11-10-12-6-8-14(9-7-12)13-4-2-1-3-5-13/h1-9H,10-11H2. The monoisotopic (exact) mass is 216 g/mol. The molecule has 0 saturated carbocycles. The molecule has 0 bridgehead atoms. The second-order valence-electron chi connectivity index (χ2n) is 3.50. The van der Waals surface area contributed by atoms with Crippen LogP contribution in [-0.2, 0) is 6.42 Å². The molecule has 1 heteroatoms. The summed E-state index contributed by atoms with van der Waals surface area (Å²) in [4.78, 5) is 0. The van der Waals surface area contributed by atoms with E-state index in [1.807, 2.05) is 6.07 Å². The number of halogens is 1. The minimum atomic E-state index is 0.685. The number of alkyl halides is 1. The number of rotatable bonds is 3. The molecule has 2 aromatic carbocycles. The quantitative estimate of drug-likeness (QED) is 0.677. The van der Waals surface area contributed by atoms with E-state index in [9.17, 15) is 0 Å². The van der Waals surface area contributed by atoms with Crippen molar-refractivity contribution in [3.63, 3.8) is 0 Å². The molecule has 0 N–H and O–H groups in total. The Bertz CT molecular complexity index is 403. The third-order valence-corrected chi connectivity index (χ3v) is 2.63. The van der Waals surface area contributed by atoms with Crippen molar-refractivity contribution in [1.82, 2.24) is 0 Å². The summed E-state index contributed by atoms with van der Waals surface area (Å²) < 4.78 is 0. The first-order valence-corrected chi connectivity index (χ1v) is 5.64. The molecule has 0 aliphatic rings. The summed E-state index contributed by atoms with van der Waals surface area (Å²) in [6.45, 7) is 0. The molecule has 0 atom stereocenters. The van der Waals surface area contributed by atoms with Crippen LogP contribution in [0.3, 0.4) is 0 Å². The van der Waals surface area contributed by atoms with Gasteiger partial charge >= 0.3 is 0 Å². The van der Waals surface area contributed by atoms with E-state index >= 15 is 0 Å². The van der Waals surface area contributed by atoms with E-state index in [0.717, 1.165) is 6.42 Å². The van der Waals surface area contributed by atoms with E-state index in [1.54, 1.807) is 0 Å². The number of benzene rings is 2. The summed E-state index contributed by atoms with van der Waals surface area (Å²) in [5.74, 6) is 0.685. The molecule has 0 unspecified atom stereocenters. The average Bonchev–Trinajstić information content (AvgIpc) is 2.32. The van der Waals surface area contributed by atoms with Crippen molar-refractivity contribution in [1.29, 1.82) is 0 Å². The van der Waals surface area contributed by atoms with Crippen LogP contribution in [0.25, 0.3) is 11.1 Å². The predicted octanol–water partition coefficient (Wildman–Crippen LogP) is 4.13. The SMILES string of the molecule is ClCCc1ccc(-c2ccccc2)cc1. The Labute approximate surface area is 95.5 Å². The van der Waals surface area contributed by atoms with E-state index in [-0.39, 0.29) is 0 Å². The number of aryl methyl sites for hydroxylation is 1. The molecule has 0 aliphatic heterocycles. The van der Waals surface area contributed by atoms with Crippen LogP contribution in [0.5, 0.6) is 0 Å². The van der Waals surface area contributed by atoms with Crippen molar-refractivity contribution in [3.05, 3.63) is 60.2 Å². The summed E-state index contributed by atoms with van der Waals surface area (Å²) in [5.41, 5.74) is 3.81. The molecule has 15 heavy (non-hydrogen) atoms. The van der Waals surface area contributed by atoms with Gasteiger partial charge in [0.25, 0.3) is 0 Å². The third-order valence-electron chi connectivity index (χ3n) is 2.44. The Morgan fingerprint density at radius 3 is 1.93 bits per heavy atom. The van der Waals surface area contributed by atoms with E-state index in [1.165, 1.54) is 16.7 Å². The van der Waals surface area contributed by atoms with Crippen molar-refractivity contribution in [2.45, 2.75) is 6.42 Å². The molecule has 0 spiro atoms. The van der Waals surface area contributed by atoms with E-state index in [0.29, 0.717) is 5.88 Å². The normalized spacial score (nSPS) is 10.2. The lowest BCUT2D eigenvalue weighted by Gasteiger charge is -2.02. The smallest absolute Gasteiger partial charge is 0.0263 e. The zero-order valence-corrected chi connectivity index (χ0v) is 9.24. The van der Waals surface area contributed by atoms with Crippen LogP contribution < -0.4 is 0 Å². The fourth-order valence-electron chi connectivity index (χ4n) is 1.60. The number of hydrogen-bond donors (Lipinski definition) is 0. The van der Waals surface area contributed by atoms with Crippen LogP contribution in [-0.4, -0.2) is 5.88 Å². The first-order chi connectivity index (χ1) is 7.40. The highest BCUT2D eigenvalue weighted by Gasteiger charge is 1.96. The van der Waals surface area contributed by atoms with Gasteiger partial charge in [0.1, 0.15) is 0 Å². The topological polar surface area (TPSA) is 0 Å².